The topological polar surface area (TPSA) is 0 Å². The predicted molar refractivity (Wildman–Crippen MR) is 151 cm³/mol. The molecule has 0 heteroatoms. The van der Waals surface area contributed by atoms with E-state index >= 15 is 0 Å². The van der Waals surface area contributed by atoms with E-state index in [-0.39, 0.29) is 0 Å². The van der Waals surface area contributed by atoms with Crippen LogP contribution in [0.1, 0.15) is 47.2 Å². The van der Waals surface area contributed by atoms with Gasteiger partial charge in [0.05, 0.1) is 0 Å². The highest BCUT2D eigenvalue weighted by atomic mass is 14.1. The van der Waals surface area contributed by atoms with Gasteiger partial charge in [-0.1, -0.05) is 123 Å². The van der Waals surface area contributed by atoms with Crippen molar-refractivity contribution in [2.75, 3.05) is 0 Å². The van der Waals surface area contributed by atoms with E-state index in [9.17, 15) is 0 Å². The standard InChI is InChI=1S/C34H30/c1-3-25-5-9-27(10-6-25)13-15-29-17-21-33-31(23-29)19-20-32-24-30(18-22-34(32)33)16-14-28-11-7-26(4-2)8-12-28/h5-24H,3-4H2,1-2H3/b15-13+,16-14+. The van der Waals surface area contributed by atoms with Crippen molar-refractivity contribution in [3.05, 3.63) is 130 Å². The lowest BCUT2D eigenvalue weighted by Gasteiger charge is -2.06. The molecule has 0 fully saturated rings. The molecule has 5 rings (SSSR count). The molecule has 0 nitrogen and oxygen atoms in total. The Bertz CT molecular complexity index is 1360. The maximum atomic E-state index is 2.28. The average Bonchev–Trinajstić information content (AvgIpc) is 2.91. The van der Waals surface area contributed by atoms with Gasteiger partial charge in [-0.2, -0.15) is 0 Å². The third-order valence-corrected chi connectivity index (χ3v) is 6.60. The molecule has 0 atom stereocenters. The molecule has 0 aliphatic heterocycles. The Morgan fingerprint density at radius 1 is 0.412 bits per heavy atom. The second-order valence-corrected chi connectivity index (χ2v) is 8.88. The summed E-state index contributed by atoms with van der Waals surface area (Å²) < 4.78 is 0. The summed E-state index contributed by atoms with van der Waals surface area (Å²) in [7, 11) is 0. The Hall–Kier alpha value is -3.90. The van der Waals surface area contributed by atoms with Gasteiger partial charge in [0, 0.05) is 0 Å². The Labute approximate surface area is 202 Å². The van der Waals surface area contributed by atoms with Gasteiger partial charge in [0.2, 0.25) is 0 Å². The molecule has 0 heterocycles. The fourth-order valence-electron chi connectivity index (χ4n) is 4.43. The number of aryl methyl sites for hydroxylation is 2. The van der Waals surface area contributed by atoms with E-state index in [1.807, 2.05) is 0 Å². The highest BCUT2D eigenvalue weighted by Gasteiger charge is 2.02. The largest absolute Gasteiger partial charge is 0.0613 e. The van der Waals surface area contributed by atoms with Crippen LogP contribution in [0.4, 0.5) is 0 Å². The van der Waals surface area contributed by atoms with Crippen molar-refractivity contribution in [1.82, 2.24) is 0 Å². The van der Waals surface area contributed by atoms with Gasteiger partial charge in [-0.3, -0.25) is 0 Å². The average molecular weight is 439 g/mol. The van der Waals surface area contributed by atoms with Gasteiger partial charge in [0.1, 0.15) is 0 Å². The summed E-state index contributed by atoms with van der Waals surface area (Å²) in [6.07, 6.45) is 10.9. The van der Waals surface area contributed by atoms with E-state index in [1.54, 1.807) is 0 Å². The van der Waals surface area contributed by atoms with Crippen LogP contribution in [-0.4, -0.2) is 0 Å². The van der Waals surface area contributed by atoms with Crippen LogP contribution in [0, 0.1) is 0 Å². The molecule has 166 valence electrons. The van der Waals surface area contributed by atoms with Gasteiger partial charge in [-0.05, 0) is 79.9 Å². The fourth-order valence-corrected chi connectivity index (χ4v) is 4.43. The zero-order chi connectivity index (χ0) is 23.3. The van der Waals surface area contributed by atoms with Crippen LogP contribution in [0.3, 0.4) is 0 Å². The molecule has 0 spiro atoms. The molecule has 0 radical (unpaired) electrons. The number of rotatable bonds is 6. The Morgan fingerprint density at radius 2 is 0.765 bits per heavy atom. The first kappa shape index (κ1) is 21.9. The van der Waals surface area contributed by atoms with E-state index in [0.29, 0.717) is 0 Å². The summed E-state index contributed by atoms with van der Waals surface area (Å²) in [5.74, 6) is 0. The van der Waals surface area contributed by atoms with Crippen LogP contribution in [-0.2, 0) is 12.8 Å². The van der Waals surface area contributed by atoms with E-state index in [4.69, 9.17) is 0 Å². The SMILES string of the molecule is CCc1ccc(/C=C/c2ccc3c(ccc4cc(/C=C/c5ccc(CC)cc5)ccc43)c2)cc1. The molecule has 5 aromatic carbocycles. The van der Waals surface area contributed by atoms with Crippen LogP contribution in [0.2, 0.25) is 0 Å². The summed E-state index contributed by atoms with van der Waals surface area (Å²) in [6, 6.07) is 35.6. The minimum Gasteiger partial charge on any atom is -0.0613 e. The summed E-state index contributed by atoms with van der Waals surface area (Å²) in [5, 5.41) is 5.14. The van der Waals surface area contributed by atoms with Gasteiger partial charge in [-0.15, -0.1) is 0 Å². The fraction of sp³-hybridized carbons (Fsp3) is 0.118. The Balaban J connectivity index is 1.39. The van der Waals surface area contributed by atoms with Crippen molar-refractivity contribution >= 4 is 45.8 Å². The number of benzene rings is 5. The summed E-state index contributed by atoms with van der Waals surface area (Å²) in [5.41, 5.74) is 7.66. The molecule has 34 heavy (non-hydrogen) atoms. The van der Waals surface area contributed by atoms with Crippen molar-refractivity contribution in [3.8, 4) is 0 Å². The molecule has 0 N–H and O–H groups in total. The number of hydrogen-bond donors (Lipinski definition) is 0. The van der Waals surface area contributed by atoms with Crippen molar-refractivity contribution in [2.24, 2.45) is 0 Å². The van der Waals surface area contributed by atoms with Crippen LogP contribution in [0.25, 0.3) is 45.8 Å². The molecule has 0 bridgehead atoms. The van der Waals surface area contributed by atoms with E-state index in [2.05, 4.69) is 135 Å². The first-order chi connectivity index (χ1) is 16.7. The zero-order valence-electron chi connectivity index (χ0n) is 20.0. The van der Waals surface area contributed by atoms with E-state index < -0.39 is 0 Å². The molecule has 0 saturated heterocycles. The lowest BCUT2D eigenvalue weighted by molar-refractivity contribution is 1.14. The highest BCUT2D eigenvalue weighted by Crippen LogP contribution is 2.28. The molecule has 0 amide bonds. The van der Waals surface area contributed by atoms with Gasteiger partial charge in [-0.25, -0.2) is 0 Å². The Morgan fingerprint density at radius 3 is 1.15 bits per heavy atom. The summed E-state index contributed by atoms with van der Waals surface area (Å²) >= 11 is 0. The molecule has 0 aliphatic rings. The molecule has 0 aliphatic carbocycles. The van der Waals surface area contributed by atoms with Gasteiger partial charge >= 0.3 is 0 Å². The van der Waals surface area contributed by atoms with E-state index in [0.717, 1.165) is 12.8 Å². The van der Waals surface area contributed by atoms with Crippen molar-refractivity contribution in [2.45, 2.75) is 26.7 Å². The monoisotopic (exact) mass is 438 g/mol. The van der Waals surface area contributed by atoms with Gasteiger partial charge < -0.3 is 0 Å². The summed E-state index contributed by atoms with van der Waals surface area (Å²) in [6.45, 7) is 4.38. The number of hydrogen-bond acceptors (Lipinski definition) is 0. The highest BCUT2D eigenvalue weighted by molar-refractivity contribution is 6.08. The maximum Gasteiger partial charge on any atom is -0.0105 e. The van der Waals surface area contributed by atoms with Crippen LogP contribution >= 0.6 is 0 Å². The quantitative estimate of drug-likeness (QED) is 0.183. The van der Waals surface area contributed by atoms with Crippen molar-refractivity contribution in [3.63, 3.8) is 0 Å². The normalized spacial score (nSPS) is 11.8. The zero-order valence-corrected chi connectivity index (χ0v) is 20.0. The van der Waals surface area contributed by atoms with Crippen LogP contribution < -0.4 is 0 Å². The van der Waals surface area contributed by atoms with Gasteiger partial charge in [0.25, 0.3) is 0 Å². The smallest absolute Gasteiger partial charge is 0.0105 e. The van der Waals surface area contributed by atoms with Gasteiger partial charge in [0.15, 0.2) is 0 Å². The third kappa shape index (κ3) is 4.87. The minimum absolute atomic E-state index is 1.08. The number of fused-ring (bicyclic) bond motifs is 3. The summed E-state index contributed by atoms with van der Waals surface area (Å²) in [4.78, 5) is 0. The first-order valence-corrected chi connectivity index (χ1v) is 12.2. The van der Waals surface area contributed by atoms with Crippen molar-refractivity contribution in [1.29, 1.82) is 0 Å². The predicted octanol–water partition coefficient (Wildman–Crippen LogP) is 9.46. The molecular weight excluding hydrogens is 408 g/mol. The van der Waals surface area contributed by atoms with Crippen LogP contribution in [0.5, 0.6) is 0 Å². The molecule has 0 unspecified atom stereocenters. The lowest BCUT2D eigenvalue weighted by Crippen LogP contribution is -1.82. The molecule has 0 saturated carbocycles. The van der Waals surface area contributed by atoms with Crippen molar-refractivity contribution < 1.29 is 0 Å². The maximum absolute atomic E-state index is 2.28. The molecule has 0 aromatic heterocycles. The second-order valence-electron chi connectivity index (χ2n) is 8.88. The first-order valence-electron chi connectivity index (χ1n) is 12.2. The third-order valence-electron chi connectivity index (χ3n) is 6.60. The second kappa shape index (κ2) is 9.93. The minimum atomic E-state index is 1.08. The van der Waals surface area contributed by atoms with Crippen LogP contribution in [0.15, 0.2) is 97.1 Å². The van der Waals surface area contributed by atoms with E-state index in [1.165, 1.54) is 54.9 Å². The molecule has 5 aromatic rings. The Kier molecular flexibility index (Phi) is 6.40. The lowest BCUT2D eigenvalue weighted by atomic mass is 9.98. The molecular formula is C34H30.